The van der Waals surface area contributed by atoms with Crippen molar-refractivity contribution in [2.45, 2.75) is 25.1 Å². The number of nitrogens with one attached hydrogen (secondary N) is 2. The van der Waals surface area contributed by atoms with Gasteiger partial charge in [-0.3, -0.25) is 14.4 Å². The molecule has 0 spiro atoms. The van der Waals surface area contributed by atoms with Crippen LogP contribution in [0.1, 0.15) is 23.2 Å². The Bertz CT molecular complexity index is 964. The van der Waals surface area contributed by atoms with E-state index in [-0.39, 0.29) is 23.7 Å². The van der Waals surface area contributed by atoms with Gasteiger partial charge in [0.05, 0.1) is 11.3 Å². The molecular weight excluding hydrogens is 467 g/mol. The summed E-state index contributed by atoms with van der Waals surface area (Å²) >= 11 is 3.30. The number of benzene rings is 2. The summed E-state index contributed by atoms with van der Waals surface area (Å²) in [5, 5.41) is 4.47. The van der Waals surface area contributed by atoms with E-state index in [2.05, 4.69) is 21.2 Å². The summed E-state index contributed by atoms with van der Waals surface area (Å²) in [5.74, 6) is -3.18. The molecule has 1 fully saturated rings. The van der Waals surface area contributed by atoms with Crippen molar-refractivity contribution in [3.05, 3.63) is 58.6 Å². The fourth-order valence-electron chi connectivity index (χ4n) is 3.17. The minimum atomic E-state index is -5.09. The molecule has 6 nitrogen and oxygen atoms in total. The lowest BCUT2D eigenvalue weighted by molar-refractivity contribution is -0.167. The molecule has 0 radical (unpaired) electrons. The molecular formula is C20H17BrF3N3O3. The summed E-state index contributed by atoms with van der Waals surface area (Å²) < 4.78 is 38.7. The molecule has 0 unspecified atom stereocenters. The number of nitrogens with zero attached hydrogens (tertiary/aromatic N) is 1. The molecule has 0 saturated carbocycles. The zero-order valence-electron chi connectivity index (χ0n) is 15.5. The molecule has 0 aliphatic carbocycles. The number of para-hydroxylation sites is 1. The van der Waals surface area contributed by atoms with Crippen LogP contribution in [0.4, 0.5) is 24.5 Å². The van der Waals surface area contributed by atoms with Gasteiger partial charge < -0.3 is 15.5 Å². The average Bonchev–Trinajstić information content (AvgIpc) is 3.19. The Morgan fingerprint density at radius 1 is 1.00 bits per heavy atom. The summed E-state index contributed by atoms with van der Waals surface area (Å²) in [7, 11) is 0. The maximum atomic E-state index is 13.0. The van der Waals surface area contributed by atoms with Gasteiger partial charge in [-0.1, -0.05) is 28.1 Å². The van der Waals surface area contributed by atoms with Crippen molar-refractivity contribution >= 4 is 45.0 Å². The normalized spacial score (nSPS) is 16.3. The first-order chi connectivity index (χ1) is 14.2. The third-order valence-corrected chi connectivity index (χ3v) is 5.12. The van der Waals surface area contributed by atoms with Crippen molar-refractivity contribution in [1.29, 1.82) is 0 Å². The van der Waals surface area contributed by atoms with Crippen molar-refractivity contribution in [2.75, 3.05) is 17.2 Å². The van der Waals surface area contributed by atoms with Gasteiger partial charge in [0.15, 0.2) is 0 Å². The molecule has 1 heterocycles. The van der Waals surface area contributed by atoms with Gasteiger partial charge in [0.1, 0.15) is 6.04 Å². The minimum absolute atomic E-state index is 0.113. The van der Waals surface area contributed by atoms with Crippen LogP contribution in [0.5, 0.6) is 0 Å². The maximum Gasteiger partial charge on any atom is 0.471 e. The topological polar surface area (TPSA) is 78.5 Å². The highest BCUT2D eigenvalue weighted by molar-refractivity contribution is 9.10. The molecule has 1 aliphatic heterocycles. The van der Waals surface area contributed by atoms with Crippen LogP contribution in [0.3, 0.4) is 0 Å². The van der Waals surface area contributed by atoms with Crippen LogP contribution < -0.4 is 10.6 Å². The Balaban J connectivity index is 1.78. The summed E-state index contributed by atoms with van der Waals surface area (Å²) in [6.45, 7) is 0.277. The lowest BCUT2D eigenvalue weighted by Gasteiger charge is -2.25. The van der Waals surface area contributed by atoms with Gasteiger partial charge in [-0.2, -0.15) is 13.2 Å². The van der Waals surface area contributed by atoms with Crippen molar-refractivity contribution < 1.29 is 27.6 Å². The summed E-state index contributed by atoms with van der Waals surface area (Å²) in [5.41, 5.74) is 0.183. The van der Waals surface area contributed by atoms with Crippen LogP contribution in [0, 0.1) is 0 Å². The van der Waals surface area contributed by atoms with Crippen molar-refractivity contribution in [1.82, 2.24) is 4.90 Å². The van der Waals surface area contributed by atoms with E-state index >= 15 is 0 Å². The van der Waals surface area contributed by atoms with Gasteiger partial charge in [0.25, 0.3) is 5.91 Å². The van der Waals surface area contributed by atoms with Gasteiger partial charge in [-0.15, -0.1) is 0 Å². The largest absolute Gasteiger partial charge is 0.471 e. The number of likely N-dealkylation sites (tertiary alicyclic amines) is 1. The number of alkyl halides is 3. The average molecular weight is 484 g/mol. The number of amides is 3. The van der Waals surface area contributed by atoms with Crippen molar-refractivity contribution in [3.63, 3.8) is 0 Å². The van der Waals surface area contributed by atoms with E-state index in [0.717, 1.165) is 4.47 Å². The fraction of sp³-hybridized carbons (Fsp3) is 0.250. The Kier molecular flexibility index (Phi) is 6.45. The zero-order chi connectivity index (χ0) is 21.9. The molecule has 3 amide bonds. The molecule has 158 valence electrons. The van der Waals surface area contributed by atoms with E-state index in [1.165, 1.54) is 29.2 Å². The Hall–Kier alpha value is -2.88. The van der Waals surface area contributed by atoms with Crippen LogP contribution in [-0.2, 0) is 9.59 Å². The molecule has 1 aliphatic rings. The maximum absolute atomic E-state index is 13.0. The standard InChI is InChI=1S/C20H17BrF3N3O3/c21-12-7-9-13(10-8-12)25-17(28)16-6-3-11-27(16)18(29)14-4-1-2-5-15(14)26-19(30)20(22,23)24/h1-2,4-5,7-10,16H,3,6,11H2,(H,25,28)(H,26,30)/t16-/m0/s1. The molecule has 10 heteroatoms. The van der Waals surface area contributed by atoms with E-state index in [4.69, 9.17) is 0 Å². The van der Waals surface area contributed by atoms with Crippen LogP contribution >= 0.6 is 15.9 Å². The van der Waals surface area contributed by atoms with Crippen LogP contribution in [0.25, 0.3) is 0 Å². The zero-order valence-corrected chi connectivity index (χ0v) is 17.1. The number of carbonyl (C=O) groups is 3. The van der Waals surface area contributed by atoms with Crippen molar-refractivity contribution in [2.24, 2.45) is 0 Å². The van der Waals surface area contributed by atoms with Gasteiger partial charge in [0, 0.05) is 16.7 Å². The second-order valence-corrected chi connectivity index (χ2v) is 7.57. The molecule has 3 rings (SSSR count). The monoisotopic (exact) mass is 483 g/mol. The first-order valence-corrected chi connectivity index (χ1v) is 9.80. The first-order valence-electron chi connectivity index (χ1n) is 9.01. The third-order valence-electron chi connectivity index (χ3n) is 4.59. The Labute approximate surface area is 178 Å². The number of hydrogen-bond donors (Lipinski definition) is 2. The molecule has 2 aromatic carbocycles. The van der Waals surface area contributed by atoms with Gasteiger partial charge in [0.2, 0.25) is 5.91 Å². The van der Waals surface area contributed by atoms with E-state index in [9.17, 15) is 27.6 Å². The summed E-state index contributed by atoms with van der Waals surface area (Å²) in [6, 6.07) is 11.6. The van der Waals surface area contributed by atoms with E-state index in [0.29, 0.717) is 18.5 Å². The molecule has 0 bridgehead atoms. The second-order valence-electron chi connectivity index (χ2n) is 6.65. The summed E-state index contributed by atoms with van der Waals surface area (Å²) in [4.78, 5) is 38.3. The molecule has 0 aromatic heterocycles. The van der Waals surface area contributed by atoms with Crippen LogP contribution in [-0.4, -0.2) is 41.4 Å². The molecule has 1 atom stereocenters. The minimum Gasteiger partial charge on any atom is -0.327 e. The predicted octanol–water partition coefficient (Wildman–Crippen LogP) is 4.19. The highest BCUT2D eigenvalue weighted by atomic mass is 79.9. The van der Waals surface area contributed by atoms with Crippen LogP contribution in [0.2, 0.25) is 0 Å². The number of halogens is 4. The number of anilines is 2. The predicted molar refractivity (Wildman–Crippen MR) is 108 cm³/mol. The Morgan fingerprint density at radius 2 is 1.67 bits per heavy atom. The van der Waals surface area contributed by atoms with Crippen molar-refractivity contribution in [3.8, 4) is 0 Å². The van der Waals surface area contributed by atoms with Gasteiger partial charge >= 0.3 is 12.1 Å². The quantitative estimate of drug-likeness (QED) is 0.684. The third kappa shape index (κ3) is 4.99. The smallest absolute Gasteiger partial charge is 0.327 e. The fourth-order valence-corrected chi connectivity index (χ4v) is 3.43. The van der Waals surface area contributed by atoms with E-state index < -0.39 is 24.0 Å². The highest BCUT2D eigenvalue weighted by Crippen LogP contribution is 2.26. The molecule has 2 aromatic rings. The second kappa shape index (κ2) is 8.86. The van der Waals surface area contributed by atoms with E-state index in [1.54, 1.807) is 29.6 Å². The Morgan fingerprint density at radius 3 is 2.33 bits per heavy atom. The van der Waals surface area contributed by atoms with Gasteiger partial charge in [-0.05, 0) is 49.2 Å². The number of hydrogen-bond acceptors (Lipinski definition) is 3. The number of carbonyl (C=O) groups excluding carboxylic acids is 3. The van der Waals surface area contributed by atoms with Gasteiger partial charge in [-0.25, -0.2) is 0 Å². The molecule has 2 N–H and O–H groups in total. The molecule has 30 heavy (non-hydrogen) atoms. The van der Waals surface area contributed by atoms with E-state index in [1.807, 2.05) is 0 Å². The highest BCUT2D eigenvalue weighted by Gasteiger charge is 2.40. The SMILES string of the molecule is O=C(Nc1ccc(Br)cc1)[C@@H]1CCCN1C(=O)c1ccccc1NC(=O)C(F)(F)F. The number of rotatable bonds is 4. The summed E-state index contributed by atoms with van der Waals surface area (Å²) in [6.07, 6.45) is -4.09. The lowest BCUT2D eigenvalue weighted by Crippen LogP contribution is -2.43. The lowest BCUT2D eigenvalue weighted by atomic mass is 10.1. The molecule has 1 saturated heterocycles. The van der Waals surface area contributed by atoms with Crippen LogP contribution in [0.15, 0.2) is 53.0 Å². The first kappa shape index (κ1) is 21.8.